The molecule has 1 aliphatic heterocycles. The Morgan fingerprint density at radius 1 is 1.24 bits per heavy atom. The summed E-state index contributed by atoms with van der Waals surface area (Å²) in [6, 6.07) is 12.1. The summed E-state index contributed by atoms with van der Waals surface area (Å²) in [6.07, 6.45) is 5.97. The first-order valence-electron chi connectivity index (χ1n) is 8.90. The quantitative estimate of drug-likeness (QED) is 0.930. The Labute approximate surface area is 148 Å². The first-order valence-corrected chi connectivity index (χ1v) is 8.90. The van der Waals surface area contributed by atoms with Crippen molar-refractivity contribution >= 4 is 17.4 Å². The number of para-hydroxylation sites is 1. The molecule has 1 aromatic carbocycles. The number of anilines is 2. The zero-order valence-electron chi connectivity index (χ0n) is 14.4. The van der Waals surface area contributed by atoms with Crippen LogP contribution in [-0.4, -0.2) is 36.7 Å². The first kappa shape index (κ1) is 16.1. The second-order valence-corrected chi connectivity index (χ2v) is 6.75. The third-order valence-electron chi connectivity index (χ3n) is 5.23. The van der Waals surface area contributed by atoms with Gasteiger partial charge in [-0.25, -0.2) is 4.98 Å². The number of carbonyl (C=O) groups is 1. The molecule has 2 aromatic rings. The molecule has 2 aliphatic rings. The number of ether oxygens (including phenoxy) is 1. The van der Waals surface area contributed by atoms with Crippen LogP contribution < -0.4 is 10.2 Å². The fourth-order valence-corrected chi connectivity index (χ4v) is 3.87. The largest absolute Gasteiger partial charge is 0.381 e. The molecule has 130 valence electrons. The summed E-state index contributed by atoms with van der Waals surface area (Å²) in [6.45, 7) is 0.724. The lowest BCUT2D eigenvalue weighted by Gasteiger charge is -2.21. The standard InChI is InChI=1S/C20H23N3O2/c1-25-16-9-8-15(13-16)22-19-17(6-4-11-21-19)20(24)23-12-10-14-5-2-3-7-18(14)23/h2-7,11,15-16H,8-10,12-13H2,1H3,(H,21,22). The molecule has 1 fully saturated rings. The summed E-state index contributed by atoms with van der Waals surface area (Å²) in [7, 11) is 1.76. The Balaban J connectivity index is 1.56. The van der Waals surface area contributed by atoms with Crippen LogP contribution in [0.3, 0.4) is 0 Å². The van der Waals surface area contributed by atoms with Gasteiger partial charge in [0.1, 0.15) is 5.82 Å². The third-order valence-corrected chi connectivity index (χ3v) is 5.23. The number of nitrogens with one attached hydrogen (secondary N) is 1. The van der Waals surface area contributed by atoms with Crippen molar-refractivity contribution in [2.24, 2.45) is 0 Å². The summed E-state index contributed by atoms with van der Waals surface area (Å²) in [5.41, 5.74) is 2.88. The molecule has 0 spiro atoms. The third kappa shape index (κ3) is 3.12. The van der Waals surface area contributed by atoms with E-state index in [0.29, 0.717) is 23.5 Å². The summed E-state index contributed by atoms with van der Waals surface area (Å²) in [5.74, 6) is 0.695. The number of fused-ring (bicyclic) bond motifs is 1. The summed E-state index contributed by atoms with van der Waals surface area (Å²) in [5, 5.41) is 3.46. The van der Waals surface area contributed by atoms with E-state index in [4.69, 9.17) is 4.74 Å². The van der Waals surface area contributed by atoms with E-state index in [2.05, 4.69) is 16.4 Å². The minimum absolute atomic E-state index is 0.0156. The van der Waals surface area contributed by atoms with Gasteiger partial charge in [-0.05, 0) is 49.4 Å². The van der Waals surface area contributed by atoms with Gasteiger partial charge in [-0.3, -0.25) is 4.79 Å². The van der Waals surface area contributed by atoms with Crippen LogP contribution in [0.4, 0.5) is 11.5 Å². The lowest BCUT2D eigenvalue weighted by molar-refractivity contribution is 0.0990. The highest BCUT2D eigenvalue weighted by atomic mass is 16.5. The van der Waals surface area contributed by atoms with Gasteiger partial charge in [0.05, 0.1) is 11.7 Å². The van der Waals surface area contributed by atoms with Crippen LogP contribution in [0, 0.1) is 0 Å². The topological polar surface area (TPSA) is 54.5 Å². The van der Waals surface area contributed by atoms with E-state index in [1.54, 1.807) is 13.3 Å². The SMILES string of the molecule is COC1CCC(Nc2ncccc2C(=O)N2CCc3ccccc32)C1. The van der Waals surface area contributed by atoms with Crippen LogP contribution >= 0.6 is 0 Å². The van der Waals surface area contributed by atoms with Crippen molar-refractivity contribution in [1.82, 2.24) is 4.98 Å². The van der Waals surface area contributed by atoms with Crippen LogP contribution in [0.1, 0.15) is 35.2 Å². The molecule has 5 nitrogen and oxygen atoms in total. The number of methoxy groups -OCH3 is 1. The summed E-state index contributed by atoms with van der Waals surface area (Å²) >= 11 is 0. The van der Waals surface area contributed by atoms with Gasteiger partial charge in [-0.15, -0.1) is 0 Å². The number of nitrogens with zero attached hydrogens (tertiary/aromatic N) is 2. The Bertz CT molecular complexity index is 777. The van der Waals surface area contributed by atoms with E-state index < -0.39 is 0 Å². The molecule has 0 saturated heterocycles. The van der Waals surface area contributed by atoms with E-state index in [1.807, 2.05) is 35.2 Å². The average molecular weight is 337 g/mol. The van der Waals surface area contributed by atoms with Gasteiger partial charge in [-0.1, -0.05) is 18.2 Å². The molecule has 1 saturated carbocycles. The minimum Gasteiger partial charge on any atom is -0.381 e. The minimum atomic E-state index is 0.0156. The first-order chi connectivity index (χ1) is 12.3. The van der Waals surface area contributed by atoms with Crippen molar-refractivity contribution in [2.45, 2.75) is 37.8 Å². The van der Waals surface area contributed by atoms with Crippen LogP contribution in [0.15, 0.2) is 42.6 Å². The van der Waals surface area contributed by atoms with E-state index >= 15 is 0 Å². The highest BCUT2D eigenvalue weighted by Crippen LogP contribution is 2.31. The maximum absolute atomic E-state index is 13.1. The molecular formula is C20H23N3O2. The van der Waals surface area contributed by atoms with Crippen molar-refractivity contribution in [1.29, 1.82) is 0 Å². The van der Waals surface area contributed by atoms with Gasteiger partial charge in [0, 0.05) is 31.6 Å². The molecule has 4 rings (SSSR count). The monoisotopic (exact) mass is 337 g/mol. The number of aromatic nitrogens is 1. The van der Waals surface area contributed by atoms with Gasteiger partial charge in [-0.2, -0.15) is 0 Å². The van der Waals surface area contributed by atoms with E-state index in [1.165, 1.54) is 5.56 Å². The molecular weight excluding hydrogens is 314 g/mol. The molecule has 0 bridgehead atoms. The van der Waals surface area contributed by atoms with E-state index in [0.717, 1.165) is 37.9 Å². The van der Waals surface area contributed by atoms with Crippen molar-refractivity contribution in [2.75, 3.05) is 23.9 Å². The number of carbonyl (C=O) groups excluding carboxylic acids is 1. The van der Waals surface area contributed by atoms with E-state index in [9.17, 15) is 4.79 Å². The normalized spacial score (nSPS) is 22.0. The van der Waals surface area contributed by atoms with Gasteiger partial charge >= 0.3 is 0 Å². The number of pyridine rings is 1. The number of benzene rings is 1. The Hall–Kier alpha value is -2.40. The molecule has 1 amide bonds. The number of hydrogen-bond acceptors (Lipinski definition) is 4. The Kier molecular flexibility index (Phi) is 4.40. The van der Waals surface area contributed by atoms with Crippen LogP contribution in [0.5, 0.6) is 0 Å². The lowest BCUT2D eigenvalue weighted by Crippen LogP contribution is -2.30. The van der Waals surface area contributed by atoms with Gasteiger partial charge < -0.3 is 15.0 Å². The van der Waals surface area contributed by atoms with Crippen LogP contribution in [0.25, 0.3) is 0 Å². The summed E-state index contributed by atoms with van der Waals surface area (Å²) in [4.78, 5) is 19.5. The molecule has 0 radical (unpaired) electrons. The predicted molar refractivity (Wildman–Crippen MR) is 98.1 cm³/mol. The molecule has 1 aliphatic carbocycles. The Morgan fingerprint density at radius 2 is 2.12 bits per heavy atom. The fraction of sp³-hybridized carbons (Fsp3) is 0.400. The lowest BCUT2D eigenvalue weighted by atomic mass is 10.1. The zero-order chi connectivity index (χ0) is 17.2. The average Bonchev–Trinajstić information content (AvgIpc) is 3.28. The second-order valence-electron chi connectivity index (χ2n) is 6.75. The van der Waals surface area contributed by atoms with Crippen molar-refractivity contribution in [3.63, 3.8) is 0 Å². The van der Waals surface area contributed by atoms with Crippen molar-refractivity contribution in [3.8, 4) is 0 Å². The van der Waals surface area contributed by atoms with Gasteiger partial charge in [0.2, 0.25) is 0 Å². The van der Waals surface area contributed by atoms with E-state index in [-0.39, 0.29) is 5.91 Å². The number of rotatable bonds is 4. The van der Waals surface area contributed by atoms with Crippen molar-refractivity contribution in [3.05, 3.63) is 53.7 Å². The molecule has 25 heavy (non-hydrogen) atoms. The Morgan fingerprint density at radius 3 is 2.96 bits per heavy atom. The number of hydrogen-bond donors (Lipinski definition) is 1. The molecule has 2 unspecified atom stereocenters. The predicted octanol–water partition coefficient (Wildman–Crippen LogP) is 3.26. The van der Waals surface area contributed by atoms with Gasteiger partial charge in [0.25, 0.3) is 5.91 Å². The fourth-order valence-electron chi connectivity index (χ4n) is 3.87. The zero-order valence-corrected chi connectivity index (χ0v) is 14.4. The molecule has 2 heterocycles. The number of amides is 1. The summed E-state index contributed by atoms with van der Waals surface area (Å²) < 4.78 is 5.44. The van der Waals surface area contributed by atoms with Gasteiger partial charge in [0.15, 0.2) is 0 Å². The highest BCUT2D eigenvalue weighted by Gasteiger charge is 2.29. The highest BCUT2D eigenvalue weighted by molar-refractivity contribution is 6.10. The van der Waals surface area contributed by atoms with Crippen molar-refractivity contribution < 1.29 is 9.53 Å². The van der Waals surface area contributed by atoms with Crippen LogP contribution in [-0.2, 0) is 11.2 Å². The van der Waals surface area contributed by atoms with Crippen LogP contribution in [0.2, 0.25) is 0 Å². The molecule has 1 N–H and O–H groups in total. The second kappa shape index (κ2) is 6.84. The molecule has 2 atom stereocenters. The molecule has 5 heteroatoms. The maximum Gasteiger partial charge on any atom is 0.262 e. The maximum atomic E-state index is 13.1. The molecule has 1 aromatic heterocycles. The smallest absolute Gasteiger partial charge is 0.262 e.